The predicted molar refractivity (Wildman–Crippen MR) is 76.6 cm³/mol. The first kappa shape index (κ1) is 13.2. The highest BCUT2D eigenvalue weighted by Gasteiger charge is 2.20. The number of aromatic nitrogens is 4. The third kappa shape index (κ3) is 2.72. The van der Waals surface area contributed by atoms with E-state index in [1.807, 2.05) is 6.07 Å². The van der Waals surface area contributed by atoms with E-state index < -0.39 is 0 Å². The molecule has 0 spiro atoms. The number of carbonyl (C=O) groups excluding carboxylic acids is 1. The zero-order valence-corrected chi connectivity index (χ0v) is 12.4. The lowest BCUT2D eigenvalue weighted by Crippen LogP contribution is -2.33. The summed E-state index contributed by atoms with van der Waals surface area (Å²) in [6, 6.07) is 3.89. The highest BCUT2D eigenvalue weighted by Crippen LogP contribution is 2.20. The van der Waals surface area contributed by atoms with E-state index in [1.54, 1.807) is 23.3 Å². The normalized spacial score (nSPS) is 15.4. The average molecular weight is 336 g/mol. The Balaban J connectivity index is 1.84. The van der Waals surface area contributed by atoms with Gasteiger partial charge in [-0.1, -0.05) is 12.8 Å². The molecule has 2 heterocycles. The van der Waals surface area contributed by atoms with Gasteiger partial charge in [-0.15, -0.1) is 10.2 Å². The Bertz CT molecular complexity index is 607. The second-order valence-corrected chi connectivity index (χ2v) is 5.68. The Morgan fingerprint density at radius 2 is 1.95 bits per heavy atom. The van der Waals surface area contributed by atoms with Crippen LogP contribution in [0.25, 0.3) is 5.82 Å². The summed E-state index contributed by atoms with van der Waals surface area (Å²) in [5, 5.41) is 10.5. The number of nitrogens with one attached hydrogen (secondary N) is 1. The van der Waals surface area contributed by atoms with Crippen molar-refractivity contribution in [3.8, 4) is 5.82 Å². The number of halogens is 1. The topological polar surface area (TPSA) is 72.7 Å². The van der Waals surface area contributed by atoms with E-state index in [4.69, 9.17) is 0 Å². The molecule has 1 aliphatic carbocycles. The molecular formula is C13H14BrN5O. The van der Waals surface area contributed by atoms with Crippen molar-refractivity contribution < 1.29 is 4.79 Å². The third-order valence-corrected chi connectivity index (χ3v) is 4.06. The van der Waals surface area contributed by atoms with E-state index in [-0.39, 0.29) is 11.9 Å². The number of pyridine rings is 1. The van der Waals surface area contributed by atoms with Gasteiger partial charge in [0.1, 0.15) is 24.2 Å². The minimum atomic E-state index is -0.140. The van der Waals surface area contributed by atoms with Crippen LogP contribution in [0.3, 0.4) is 0 Å². The van der Waals surface area contributed by atoms with Crippen LogP contribution in [0.2, 0.25) is 0 Å². The number of amides is 1. The number of carbonyl (C=O) groups is 1. The first-order valence-electron chi connectivity index (χ1n) is 6.56. The summed E-state index contributed by atoms with van der Waals surface area (Å²) >= 11 is 3.38. The molecule has 3 rings (SSSR count). The predicted octanol–water partition coefficient (Wildman–Crippen LogP) is 2.10. The highest BCUT2D eigenvalue weighted by molar-refractivity contribution is 9.10. The quantitative estimate of drug-likeness (QED) is 0.932. The maximum Gasteiger partial charge on any atom is 0.271 e. The lowest BCUT2D eigenvalue weighted by atomic mass is 10.2. The summed E-state index contributed by atoms with van der Waals surface area (Å²) in [7, 11) is 0. The lowest BCUT2D eigenvalue weighted by molar-refractivity contribution is 0.0932. The summed E-state index contributed by atoms with van der Waals surface area (Å²) in [5.41, 5.74) is 0.392. The Hall–Kier alpha value is -1.76. The number of hydrogen-bond donors (Lipinski definition) is 1. The smallest absolute Gasteiger partial charge is 0.271 e. The van der Waals surface area contributed by atoms with Gasteiger partial charge in [-0.2, -0.15) is 0 Å². The molecule has 1 saturated carbocycles. The van der Waals surface area contributed by atoms with Gasteiger partial charge in [0.15, 0.2) is 0 Å². The SMILES string of the molecule is O=C(NC1CCCC1)c1nc(-n2cnnc2)ccc1Br. The monoisotopic (exact) mass is 335 g/mol. The van der Waals surface area contributed by atoms with Crippen molar-refractivity contribution >= 4 is 21.8 Å². The summed E-state index contributed by atoms with van der Waals surface area (Å²) in [6.45, 7) is 0. The maximum atomic E-state index is 12.3. The molecule has 1 fully saturated rings. The zero-order valence-electron chi connectivity index (χ0n) is 10.8. The van der Waals surface area contributed by atoms with Crippen LogP contribution in [-0.4, -0.2) is 31.7 Å². The van der Waals surface area contributed by atoms with Gasteiger partial charge < -0.3 is 5.32 Å². The Kier molecular flexibility index (Phi) is 3.77. The van der Waals surface area contributed by atoms with Crippen LogP contribution >= 0.6 is 15.9 Å². The van der Waals surface area contributed by atoms with Crippen LogP contribution in [0.1, 0.15) is 36.2 Å². The van der Waals surface area contributed by atoms with Crippen molar-refractivity contribution in [3.05, 3.63) is 35.0 Å². The minimum Gasteiger partial charge on any atom is -0.348 e. The van der Waals surface area contributed by atoms with E-state index in [0.717, 1.165) is 12.8 Å². The molecule has 0 aromatic carbocycles. The molecule has 20 heavy (non-hydrogen) atoms. The van der Waals surface area contributed by atoms with Gasteiger partial charge in [0.25, 0.3) is 5.91 Å². The summed E-state index contributed by atoms with van der Waals surface area (Å²) in [6.07, 6.45) is 7.56. The summed E-state index contributed by atoms with van der Waals surface area (Å²) in [5.74, 6) is 0.480. The first-order valence-corrected chi connectivity index (χ1v) is 7.36. The number of nitrogens with zero attached hydrogens (tertiary/aromatic N) is 4. The minimum absolute atomic E-state index is 0.140. The van der Waals surface area contributed by atoms with Gasteiger partial charge >= 0.3 is 0 Å². The number of rotatable bonds is 3. The molecule has 1 N–H and O–H groups in total. The van der Waals surface area contributed by atoms with E-state index in [2.05, 4.69) is 36.4 Å². The maximum absolute atomic E-state index is 12.3. The van der Waals surface area contributed by atoms with Crippen LogP contribution in [0.5, 0.6) is 0 Å². The summed E-state index contributed by atoms with van der Waals surface area (Å²) in [4.78, 5) is 16.7. The molecule has 104 valence electrons. The fraction of sp³-hybridized carbons (Fsp3) is 0.385. The zero-order chi connectivity index (χ0) is 13.9. The van der Waals surface area contributed by atoms with Gasteiger partial charge in [0.2, 0.25) is 0 Å². The van der Waals surface area contributed by atoms with Gasteiger partial charge in [0.05, 0.1) is 0 Å². The van der Waals surface area contributed by atoms with Crippen molar-refractivity contribution in [1.82, 2.24) is 25.1 Å². The van der Waals surface area contributed by atoms with Gasteiger partial charge in [-0.25, -0.2) is 4.98 Å². The summed E-state index contributed by atoms with van der Waals surface area (Å²) < 4.78 is 2.35. The molecule has 2 aromatic heterocycles. The van der Waals surface area contributed by atoms with Crippen LogP contribution < -0.4 is 5.32 Å². The first-order chi connectivity index (χ1) is 9.74. The van der Waals surface area contributed by atoms with Crippen LogP contribution in [0.15, 0.2) is 29.3 Å². The van der Waals surface area contributed by atoms with E-state index in [9.17, 15) is 4.79 Å². The average Bonchev–Trinajstić information content (AvgIpc) is 3.11. The van der Waals surface area contributed by atoms with Crippen molar-refractivity contribution in [3.63, 3.8) is 0 Å². The standard InChI is InChI=1S/C13H14BrN5O/c14-10-5-6-11(19-7-15-16-8-19)18-12(10)13(20)17-9-3-1-2-4-9/h5-9H,1-4H2,(H,17,20). The van der Waals surface area contributed by atoms with E-state index in [0.29, 0.717) is 16.0 Å². The second kappa shape index (κ2) is 5.70. The molecule has 0 bridgehead atoms. The van der Waals surface area contributed by atoms with Crippen molar-refractivity contribution in [2.24, 2.45) is 0 Å². The third-order valence-electron chi connectivity index (χ3n) is 3.42. The van der Waals surface area contributed by atoms with Crippen molar-refractivity contribution in [2.75, 3.05) is 0 Å². The fourth-order valence-electron chi connectivity index (χ4n) is 2.38. The Morgan fingerprint density at radius 1 is 1.25 bits per heavy atom. The van der Waals surface area contributed by atoms with Crippen LogP contribution in [0, 0.1) is 0 Å². The largest absolute Gasteiger partial charge is 0.348 e. The molecule has 0 radical (unpaired) electrons. The molecule has 0 unspecified atom stereocenters. The lowest BCUT2D eigenvalue weighted by Gasteiger charge is -2.13. The van der Waals surface area contributed by atoms with Crippen LogP contribution in [0.4, 0.5) is 0 Å². The molecule has 0 atom stereocenters. The molecule has 0 aliphatic heterocycles. The highest BCUT2D eigenvalue weighted by atomic mass is 79.9. The van der Waals surface area contributed by atoms with Gasteiger partial charge in [-0.05, 0) is 40.9 Å². The molecule has 2 aromatic rings. The Labute approximate surface area is 124 Å². The van der Waals surface area contributed by atoms with E-state index >= 15 is 0 Å². The van der Waals surface area contributed by atoms with Crippen molar-refractivity contribution in [1.29, 1.82) is 0 Å². The van der Waals surface area contributed by atoms with Gasteiger partial charge in [-0.3, -0.25) is 9.36 Å². The second-order valence-electron chi connectivity index (χ2n) is 4.82. The van der Waals surface area contributed by atoms with Gasteiger partial charge in [0, 0.05) is 10.5 Å². The van der Waals surface area contributed by atoms with Crippen LogP contribution in [-0.2, 0) is 0 Å². The Morgan fingerprint density at radius 3 is 2.65 bits per heavy atom. The molecule has 6 nitrogen and oxygen atoms in total. The molecular weight excluding hydrogens is 322 g/mol. The van der Waals surface area contributed by atoms with Crippen molar-refractivity contribution in [2.45, 2.75) is 31.7 Å². The van der Waals surface area contributed by atoms with E-state index in [1.165, 1.54) is 12.8 Å². The molecule has 1 aliphatic rings. The number of hydrogen-bond acceptors (Lipinski definition) is 4. The molecule has 0 saturated heterocycles. The fourth-order valence-corrected chi connectivity index (χ4v) is 2.78. The molecule has 7 heteroatoms. The molecule has 1 amide bonds.